The second-order valence-corrected chi connectivity index (χ2v) is 8.11. The maximum absolute atomic E-state index is 12.5. The van der Waals surface area contributed by atoms with Crippen LogP contribution in [0, 0.1) is 0 Å². The Morgan fingerprint density at radius 3 is 2.15 bits per heavy atom. The maximum Gasteiger partial charge on any atom is 0.243 e. The van der Waals surface area contributed by atoms with E-state index in [4.69, 9.17) is 0 Å². The molecule has 0 aromatic heterocycles. The molecule has 1 atom stereocenters. The molecule has 0 aliphatic rings. The van der Waals surface area contributed by atoms with Crippen LogP contribution in [0.15, 0.2) is 59.5 Å². The Morgan fingerprint density at radius 1 is 1.00 bits per heavy atom. The fourth-order valence-corrected chi connectivity index (χ4v) is 4.22. The number of carbonyl (C=O) groups is 1. The first-order valence-corrected chi connectivity index (χ1v) is 10.5. The van der Waals surface area contributed by atoms with Crippen LogP contribution in [0.25, 0.3) is 0 Å². The van der Waals surface area contributed by atoms with Crippen molar-refractivity contribution in [1.29, 1.82) is 0 Å². The Kier molecular flexibility index (Phi) is 7.38. The van der Waals surface area contributed by atoms with Gasteiger partial charge >= 0.3 is 0 Å². The van der Waals surface area contributed by atoms with Crippen LogP contribution < -0.4 is 10.6 Å². The molecule has 0 saturated carbocycles. The number of carbonyl (C=O) groups excluding carboxylic acids is 1. The number of hydrogen-bond donors (Lipinski definition) is 2. The van der Waals surface area contributed by atoms with Crippen molar-refractivity contribution in [3.05, 3.63) is 60.2 Å². The van der Waals surface area contributed by atoms with E-state index in [0.29, 0.717) is 18.8 Å². The number of sulfonamides is 1. The van der Waals surface area contributed by atoms with Crippen LogP contribution in [-0.2, 0) is 14.8 Å². The van der Waals surface area contributed by atoms with E-state index in [-0.39, 0.29) is 23.4 Å². The monoisotopic (exact) mass is 389 g/mol. The van der Waals surface area contributed by atoms with Gasteiger partial charge in [0, 0.05) is 18.8 Å². The van der Waals surface area contributed by atoms with Crippen LogP contribution >= 0.6 is 0 Å². The minimum Gasteiger partial charge on any atom is -0.376 e. The standard InChI is InChI=1S/C20H27N3O3S/c1-4-23(5-2)27(25,26)19-13-11-18(12-14-19)21-15-20(24)22-16(3)17-9-7-6-8-10-17/h6-14,16,21H,4-5,15H2,1-3H3,(H,22,24)/t16-/m1/s1. The molecule has 2 aromatic rings. The number of amides is 1. The lowest BCUT2D eigenvalue weighted by atomic mass is 10.1. The molecule has 1 amide bonds. The van der Waals surface area contributed by atoms with Gasteiger partial charge in [0.1, 0.15) is 0 Å². The summed E-state index contributed by atoms with van der Waals surface area (Å²) in [5.41, 5.74) is 1.73. The Bertz CT molecular complexity index is 833. The maximum atomic E-state index is 12.5. The molecule has 27 heavy (non-hydrogen) atoms. The van der Waals surface area contributed by atoms with Gasteiger partial charge < -0.3 is 10.6 Å². The second kappa shape index (κ2) is 9.53. The third-order valence-corrected chi connectivity index (χ3v) is 6.39. The average Bonchev–Trinajstić information content (AvgIpc) is 2.68. The molecular weight excluding hydrogens is 362 g/mol. The van der Waals surface area contributed by atoms with Crippen molar-refractivity contribution in [2.45, 2.75) is 31.7 Å². The number of anilines is 1. The number of nitrogens with zero attached hydrogens (tertiary/aromatic N) is 1. The van der Waals surface area contributed by atoms with Crippen LogP contribution in [-0.4, -0.2) is 38.3 Å². The Balaban J connectivity index is 1.92. The number of hydrogen-bond acceptors (Lipinski definition) is 4. The molecule has 0 spiro atoms. The normalized spacial score (nSPS) is 12.6. The Labute approximate surface area is 161 Å². The van der Waals surface area contributed by atoms with Crippen LogP contribution in [0.1, 0.15) is 32.4 Å². The van der Waals surface area contributed by atoms with E-state index in [2.05, 4.69) is 10.6 Å². The summed E-state index contributed by atoms with van der Waals surface area (Å²) in [4.78, 5) is 12.4. The van der Waals surface area contributed by atoms with Gasteiger partial charge in [-0.05, 0) is 36.8 Å². The van der Waals surface area contributed by atoms with Gasteiger partial charge in [0.05, 0.1) is 17.5 Å². The molecule has 0 fully saturated rings. The van der Waals surface area contributed by atoms with Crippen molar-refractivity contribution >= 4 is 21.6 Å². The fourth-order valence-electron chi connectivity index (χ4n) is 2.76. The van der Waals surface area contributed by atoms with Crippen LogP contribution in [0.4, 0.5) is 5.69 Å². The topological polar surface area (TPSA) is 78.5 Å². The second-order valence-electron chi connectivity index (χ2n) is 6.17. The van der Waals surface area contributed by atoms with Gasteiger partial charge in [-0.2, -0.15) is 4.31 Å². The zero-order valence-electron chi connectivity index (χ0n) is 16.0. The molecule has 2 aromatic carbocycles. The molecule has 0 saturated heterocycles. The van der Waals surface area contributed by atoms with Crippen LogP contribution in [0.5, 0.6) is 0 Å². The first-order chi connectivity index (χ1) is 12.9. The summed E-state index contributed by atoms with van der Waals surface area (Å²) in [5.74, 6) is -0.133. The molecule has 0 aliphatic carbocycles. The van der Waals surface area contributed by atoms with E-state index >= 15 is 0 Å². The summed E-state index contributed by atoms with van der Waals surface area (Å²) < 4.78 is 26.3. The van der Waals surface area contributed by atoms with Gasteiger partial charge in [-0.25, -0.2) is 8.42 Å². The van der Waals surface area contributed by atoms with Crippen LogP contribution in [0.2, 0.25) is 0 Å². The SMILES string of the molecule is CCN(CC)S(=O)(=O)c1ccc(NCC(=O)N[C@H](C)c2ccccc2)cc1. The molecule has 146 valence electrons. The molecule has 2 rings (SSSR count). The largest absolute Gasteiger partial charge is 0.376 e. The summed E-state index contributed by atoms with van der Waals surface area (Å²) in [6, 6.07) is 16.1. The molecule has 2 N–H and O–H groups in total. The zero-order chi connectivity index (χ0) is 19.9. The van der Waals surface area contributed by atoms with Gasteiger partial charge in [0.2, 0.25) is 15.9 Å². The first-order valence-electron chi connectivity index (χ1n) is 9.06. The van der Waals surface area contributed by atoms with Gasteiger partial charge in [0.15, 0.2) is 0 Å². The summed E-state index contributed by atoms with van der Waals surface area (Å²) in [5, 5.41) is 5.94. The molecule has 0 radical (unpaired) electrons. The molecular formula is C20H27N3O3S. The quantitative estimate of drug-likeness (QED) is 0.691. The average molecular weight is 390 g/mol. The molecule has 7 heteroatoms. The third-order valence-electron chi connectivity index (χ3n) is 4.33. The smallest absolute Gasteiger partial charge is 0.243 e. The van der Waals surface area contributed by atoms with E-state index in [1.54, 1.807) is 24.3 Å². The van der Waals surface area contributed by atoms with Gasteiger partial charge in [-0.1, -0.05) is 44.2 Å². The molecule has 0 heterocycles. The lowest BCUT2D eigenvalue weighted by molar-refractivity contribution is -0.120. The van der Waals surface area contributed by atoms with Crippen molar-refractivity contribution < 1.29 is 13.2 Å². The van der Waals surface area contributed by atoms with Gasteiger partial charge in [-0.3, -0.25) is 4.79 Å². The molecule has 0 unspecified atom stereocenters. The predicted octanol–water partition coefficient (Wildman–Crippen LogP) is 3.01. The zero-order valence-corrected chi connectivity index (χ0v) is 16.8. The van der Waals surface area contributed by atoms with Crippen molar-refractivity contribution in [3.8, 4) is 0 Å². The van der Waals surface area contributed by atoms with Crippen molar-refractivity contribution in [2.75, 3.05) is 25.0 Å². The molecule has 6 nitrogen and oxygen atoms in total. The summed E-state index contributed by atoms with van der Waals surface area (Å²) in [7, 11) is -3.47. The molecule has 0 aliphatic heterocycles. The summed E-state index contributed by atoms with van der Waals surface area (Å²) in [6.45, 7) is 6.52. The molecule has 0 bridgehead atoms. The Morgan fingerprint density at radius 2 is 1.59 bits per heavy atom. The van der Waals surface area contributed by atoms with E-state index in [9.17, 15) is 13.2 Å². The number of nitrogens with one attached hydrogen (secondary N) is 2. The third kappa shape index (κ3) is 5.55. The predicted molar refractivity (Wildman–Crippen MR) is 108 cm³/mol. The minimum atomic E-state index is -3.47. The summed E-state index contributed by atoms with van der Waals surface area (Å²) in [6.07, 6.45) is 0. The fraction of sp³-hybridized carbons (Fsp3) is 0.350. The van der Waals surface area contributed by atoms with Gasteiger partial charge in [-0.15, -0.1) is 0 Å². The van der Waals surface area contributed by atoms with Crippen LogP contribution in [0.3, 0.4) is 0 Å². The lowest BCUT2D eigenvalue weighted by Crippen LogP contribution is -2.32. The van der Waals surface area contributed by atoms with E-state index < -0.39 is 10.0 Å². The van der Waals surface area contributed by atoms with Crippen molar-refractivity contribution in [1.82, 2.24) is 9.62 Å². The van der Waals surface area contributed by atoms with E-state index in [1.807, 2.05) is 51.1 Å². The number of rotatable bonds is 9. The van der Waals surface area contributed by atoms with Gasteiger partial charge in [0.25, 0.3) is 0 Å². The highest BCUT2D eigenvalue weighted by molar-refractivity contribution is 7.89. The summed E-state index contributed by atoms with van der Waals surface area (Å²) >= 11 is 0. The lowest BCUT2D eigenvalue weighted by Gasteiger charge is -2.18. The van der Waals surface area contributed by atoms with E-state index in [0.717, 1.165) is 5.56 Å². The highest BCUT2D eigenvalue weighted by Gasteiger charge is 2.21. The highest BCUT2D eigenvalue weighted by Crippen LogP contribution is 2.18. The number of benzene rings is 2. The Hall–Kier alpha value is -2.38. The van der Waals surface area contributed by atoms with E-state index in [1.165, 1.54) is 4.31 Å². The van der Waals surface area contributed by atoms with Crippen molar-refractivity contribution in [3.63, 3.8) is 0 Å². The minimum absolute atomic E-state index is 0.0814. The van der Waals surface area contributed by atoms with Crippen molar-refractivity contribution in [2.24, 2.45) is 0 Å². The first kappa shape index (κ1) is 20.9. The highest BCUT2D eigenvalue weighted by atomic mass is 32.2.